The highest BCUT2D eigenvalue weighted by atomic mass is 35.5. The molecule has 0 saturated heterocycles. The van der Waals surface area contributed by atoms with Crippen molar-refractivity contribution >= 4 is 24.8 Å². The predicted octanol–water partition coefficient (Wildman–Crippen LogP) is 2.27. The molecule has 4 heteroatoms. The quantitative estimate of drug-likeness (QED) is 0.843. The maximum atomic E-state index is 5.93. The Bertz CT molecular complexity index is 217. The van der Waals surface area contributed by atoms with Crippen LogP contribution in [0.2, 0.25) is 0 Å². The van der Waals surface area contributed by atoms with E-state index in [1.54, 1.807) is 0 Å². The molecule has 0 saturated carbocycles. The number of hydrogen-bond donors (Lipinski definition) is 2. The molecule has 0 radical (unpaired) electrons. The molecular weight excluding hydrogens is 219 g/mol. The minimum absolute atomic E-state index is 0. The van der Waals surface area contributed by atoms with Gasteiger partial charge in [-0.1, -0.05) is 30.3 Å². The first-order valence-electron chi connectivity index (χ1n) is 4.35. The summed E-state index contributed by atoms with van der Waals surface area (Å²) in [6.07, 6.45) is 1.97. The van der Waals surface area contributed by atoms with Gasteiger partial charge in [0.1, 0.15) is 0 Å². The van der Waals surface area contributed by atoms with Crippen molar-refractivity contribution in [3.05, 3.63) is 35.9 Å². The van der Waals surface area contributed by atoms with Gasteiger partial charge in [0.15, 0.2) is 0 Å². The molecule has 4 N–H and O–H groups in total. The number of benzene rings is 1. The highest BCUT2D eigenvalue weighted by Gasteiger charge is 2.02. The van der Waals surface area contributed by atoms with E-state index in [2.05, 4.69) is 12.1 Å². The lowest BCUT2D eigenvalue weighted by molar-refractivity contribution is 0.618. The summed E-state index contributed by atoms with van der Waals surface area (Å²) in [5.41, 5.74) is 12.5. The Hall–Kier alpha value is -0.280. The third-order valence-electron chi connectivity index (χ3n) is 1.95. The second kappa shape index (κ2) is 9.28. The fourth-order valence-electron chi connectivity index (χ4n) is 1.20. The highest BCUT2D eigenvalue weighted by molar-refractivity contribution is 5.85. The van der Waals surface area contributed by atoms with Crippen LogP contribution in [-0.2, 0) is 0 Å². The van der Waals surface area contributed by atoms with Crippen molar-refractivity contribution in [2.45, 2.75) is 18.9 Å². The zero-order valence-electron chi connectivity index (χ0n) is 8.06. The van der Waals surface area contributed by atoms with Crippen molar-refractivity contribution in [2.24, 2.45) is 11.5 Å². The van der Waals surface area contributed by atoms with Crippen LogP contribution in [0.1, 0.15) is 24.4 Å². The maximum Gasteiger partial charge on any atom is 0.0295 e. The van der Waals surface area contributed by atoms with Crippen molar-refractivity contribution in [1.29, 1.82) is 0 Å². The van der Waals surface area contributed by atoms with E-state index in [4.69, 9.17) is 11.5 Å². The Labute approximate surface area is 97.9 Å². The summed E-state index contributed by atoms with van der Waals surface area (Å²) in [6, 6.07) is 10.3. The van der Waals surface area contributed by atoms with E-state index < -0.39 is 0 Å². The minimum Gasteiger partial charge on any atom is -0.330 e. The Morgan fingerprint density at radius 2 is 1.64 bits per heavy atom. The lowest BCUT2D eigenvalue weighted by Gasteiger charge is -2.10. The van der Waals surface area contributed by atoms with Crippen LogP contribution >= 0.6 is 24.8 Å². The van der Waals surface area contributed by atoms with Gasteiger partial charge in [-0.25, -0.2) is 0 Å². The van der Waals surface area contributed by atoms with E-state index in [0.29, 0.717) is 0 Å². The average molecular weight is 237 g/mol. The fraction of sp³-hybridized carbons (Fsp3) is 0.400. The summed E-state index contributed by atoms with van der Waals surface area (Å²) in [7, 11) is 0. The van der Waals surface area contributed by atoms with Crippen LogP contribution in [0.4, 0.5) is 0 Å². The van der Waals surface area contributed by atoms with E-state index in [1.807, 2.05) is 18.2 Å². The normalized spacial score (nSPS) is 11.0. The summed E-state index contributed by atoms with van der Waals surface area (Å²) in [5.74, 6) is 0. The van der Waals surface area contributed by atoms with Gasteiger partial charge in [0.2, 0.25) is 0 Å². The van der Waals surface area contributed by atoms with E-state index >= 15 is 0 Å². The first kappa shape index (κ1) is 16.2. The van der Waals surface area contributed by atoms with Gasteiger partial charge in [-0.2, -0.15) is 0 Å². The molecule has 1 aromatic rings. The van der Waals surface area contributed by atoms with Crippen molar-refractivity contribution < 1.29 is 0 Å². The van der Waals surface area contributed by atoms with Gasteiger partial charge in [-0.05, 0) is 24.9 Å². The molecule has 1 atom stereocenters. The standard InChI is InChI=1S/C10H16N2.2ClH/c11-8-4-7-10(12)9-5-2-1-3-6-9;;/h1-3,5-6,10H,4,7-8,11-12H2;2*1H. The van der Waals surface area contributed by atoms with Crippen LogP contribution in [0.25, 0.3) is 0 Å². The third kappa shape index (κ3) is 5.45. The zero-order valence-corrected chi connectivity index (χ0v) is 9.69. The van der Waals surface area contributed by atoms with Crippen LogP contribution in [0, 0.1) is 0 Å². The van der Waals surface area contributed by atoms with E-state index in [-0.39, 0.29) is 30.9 Å². The second-order valence-corrected chi connectivity index (χ2v) is 2.95. The number of hydrogen-bond acceptors (Lipinski definition) is 2. The largest absolute Gasteiger partial charge is 0.330 e. The molecule has 1 rings (SSSR count). The maximum absolute atomic E-state index is 5.93. The first-order valence-corrected chi connectivity index (χ1v) is 4.35. The van der Waals surface area contributed by atoms with E-state index in [9.17, 15) is 0 Å². The summed E-state index contributed by atoms with van der Waals surface area (Å²) in [5, 5.41) is 0. The number of halogens is 2. The first-order chi connectivity index (χ1) is 5.84. The third-order valence-corrected chi connectivity index (χ3v) is 1.95. The van der Waals surface area contributed by atoms with Gasteiger partial charge in [0.05, 0.1) is 0 Å². The summed E-state index contributed by atoms with van der Waals surface area (Å²) in [4.78, 5) is 0. The number of nitrogens with two attached hydrogens (primary N) is 2. The molecule has 0 aliphatic rings. The molecule has 2 nitrogen and oxygen atoms in total. The van der Waals surface area contributed by atoms with Gasteiger partial charge >= 0.3 is 0 Å². The van der Waals surface area contributed by atoms with Crippen molar-refractivity contribution in [3.8, 4) is 0 Å². The van der Waals surface area contributed by atoms with E-state index in [1.165, 1.54) is 5.56 Å². The fourth-order valence-corrected chi connectivity index (χ4v) is 1.20. The molecule has 0 aromatic heterocycles. The summed E-state index contributed by atoms with van der Waals surface area (Å²) >= 11 is 0. The highest BCUT2D eigenvalue weighted by Crippen LogP contribution is 2.13. The number of rotatable bonds is 4. The van der Waals surface area contributed by atoms with Crippen LogP contribution < -0.4 is 11.5 Å². The zero-order chi connectivity index (χ0) is 8.81. The molecule has 0 aliphatic carbocycles. The van der Waals surface area contributed by atoms with Crippen molar-refractivity contribution in [3.63, 3.8) is 0 Å². The molecule has 0 amide bonds. The SMILES string of the molecule is Cl.Cl.NCCCC(N)c1ccccc1. The Morgan fingerprint density at radius 1 is 1.07 bits per heavy atom. The van der Waals surface area contributed by atoms with Gasteiger partial charge in [0, 0.05) is 6.04 Å². The minimum atomic E-state index is 0. The Balaban J connectivity index is 0. The molecule has 82 valence electrons. The molecule has 0 bridgehead atoms. The van der Waals surface area contributed by atoms with Gasteiger partial charge in [0.25, 0.3) is 0 Å². The van der Waals surface area contributed by atoms with Gasteiger partial charge < -0.3 is 11.5 Å². The summed E-state index contributed by atoms with van der Waals surface area (Å²) in [6.45, 7) is 0.723. The monoisotopic (exact) mass is 236 g/mol. The summed E-state index contributed by atoms with van der Waals surface area (Å²) < 4.78 is 0. The second-order valence-electron chi connectivity index (χ2n) is 2.95. The van der Waals surface area contributed by atoms with Gasteiger partial charge in [-0.15, -0.1) is 24.8 Å². The average Bonchev–Trinajstić information content (AvgIpc) is 2.15. The predicted molar refractivity (Wildman–Crippen MR) is 66.2 cm³/mol. The molecule has 14 heavy (non-hydrogen) atoms. The van der Waals surface area contributed by atoms with Crippen molar-refractivity contribution in [1.82, 2.24) is 0 Å². The molecule has 1 aromatic carbocycles. The molecule has 0 aliphatic heterocycles. The van der Waals surface area contributed by atoms with Crippen LogP contribution in [0.3, 0.4) is 0 Å². The molecule has 0 heterocycles. The van der Waals surface area contributed by atoms with Crippen LogP contribution in [0.15, 0.2) is 30.3 Å². The lowest BCUT2D eigenvalue weighted by atomic mass is 10.0. The molecule has 1 unspecified atom stereocenters. The van der Waals surface area contributed by atoms with E-state index in [0.717, 1.165) is 19.4 Å². The smallest absolute Gasteiger partial charge is 0.0295 e. The van der Waals surface area contributed by atoms with Crippen LogP contribution in [0.5, 0.6) is 0 Å². The Kier molecular flexibility index (Phi) is 10.7. The topological polar surface area (TPSA) is 52.0 Å². The van der Waals surface area contributed by atoms with Crippen LogP contribution in [-0.4, -0.2) is 6.54 Å². The molecular formula is C10H18Cl2N2. The van der Waals surface area contributed by atoms with Crippen molar-refractivity contribution in [2.75, 3.05) is 6.54 Å². The lowest BCUT2D eigenvalue weighted by Crippen LogP contribution is -2.12. The molecule has 0 spiro atoms. The Morgan fingerprint density at radius 3 is 2.14 bits per heavy atom. The molecule has 0 fully saturated rings. The van der Waals surface area contributed by atoms with Gasteiger partial charge in [-0.3, -0.25) is 0 Å².